The monoisotopic (exact) mass is 323 g/mol. The van der Waals surface area contributed by atoms with Crippen LogP contribution in [0.25, 0.3) is 0 Å². The van der Waals surface area contributed by atoms with Gasteiger partial charge in [-0.3, -0.25) is 4.79 Å². The van der Waals surface area contributed by atoms with Crippen LogP contribution >= 0.6 is 0 Å². The third-order valence-electron chi connectivity index (χ3n) is 5.15. The molecular weight excluding hydrogens is 294 g/mol. The molecule has 0 saturated heterocycles. The lowest BCUT2D eigenvalue weighted by atomic mass is 9.85. The van der Waals surface area contributed by atoms with Crippen LogP contribution in [0.5, 0.6) is 0 Å². The van der Waals surface area contributed by atoms with Gasteiger partial charge in [-0.2, -0.15) is 0 Å². The molecule has 0 radical (unpaired) electrons. The summed E-state index contributed by atoms with van der Waals surface area (Å²) in [6.45, 7) is 14.8. The summed E-state index contributed by atoms with van der Waals surface area (Å²) in [5, 5.41) is 3.11. The molecule has 2 aromatic carbocycles. The maximum absolute atomic E-state index is 12.6. The Morgan fingerprint density at radius 1 is 0.917 bits per heavy atom. The van der Waals surface area contributed by atoms with Crippen LogP contribution in [-0.2, 0) is 4.79 Å². The molecule has 0 spiro atoms. The van der Waals surface area contributed by atoms with E-state index in [4.69, 9.17) is 0 Å². The van der Waals surface area contributed by atoms with Gasteiger partial charge in [-0.15, -0.1) is 0 Å². The molecule has 2 rings (SSSR count). The highest BCUT2D eigenvalue weighted by atomic mass is 16.1. The summed E-state index contributed by atoms with van der Waals surface area (Å²) < 4.78 is 0. The van der Waals surface area contributed by atoms with Crippen molar-refractivity contribution in [2.24, 2.45) is 0 Å². The molecule has 0 heterocycles. The van der Waals surface area contributed by atoms with Gasteiger partial charge in [0.2, 0.25) is 5.91 Å². The molecule has 0 saturated carbocycles. The van der Waals surface area contributed by atoms with Crippen LogP contribution in [0.3, 0.4) is 0 Å². The van der Waals surface area contributed by atoms with E-state index >= 15 is 0 Å². The van der Waals surface area contributed by atoms with Crippen LogP contribution in [0, 0.1) is 41.5 Å². The van der Waals surface area contributed by atoms with Crippen LogP contribution < -0.4 is 5.32 Å². The maximum Gasteiger partial charge on any atom is 0.224 e. The molecule has 1 unspecified atom stereocenters. The van der Waals surface area contributed by atoms with Gasteiger partial charge in [-0.25, -0.2) is 0 Å². The molecule has 0 fully saturated rings. The molecule has 1 atom stereocenters. The topological polar surface area (TPSA) is 29.1 Å². The number of hydrogen-bond acceptors (Lipinski definition) is 1. The SMILES string of the molecule is Cc1cc(C)c(C(C)CC(=O)Nc2c(C)cccc2C)c(C)c1C. The zero-order valence-corrected chi connectivity index (χ0v) is 16.0. The summed E-state index contributed by atoms with van der Waals surface area (Å²) in [7, 11) is 0. The first-order chi connectivity index (χ1) is 11.2. The van der Waals surface area contributed by atoms with E-state index in [1.54, 1.807) is 0 Å². The number of nitrogens with one attached hydrogen (secondary N) is 1. The fraction of sp³-hybridized carbons (Fsp3) is 0.409. The molecule has 0 aliphatic heterocycles. The summed E-state index contributed by atoms with van der Waals surface area (Å²) in [5.41, 5.74) is 9.73. The number of benzene rings is 2. The largest absolute Gasteiger partial charge is 0.326 e. The van der Waals surface area contributed by atoms with Gasteiger partial charge >= 0.3 is 0 Å². The third-order valence-corrected chi connectivity index (χ3v) is 5.15. The molecule has 1 N–H and O–H groups in total. The fourth-order valence-electron chi connectivity index (χ4n) is 3.64. The zero-order valence-electron chi connectivity index (χ0n) is 16.0. The molecule has 128 valence electrons. The third kappa shape index (κ3) is 3.69. The summed E-state index contributed by atoms with van der Waals surface area (Å²) in [6, 6.07) is 8.32. The van der Waals surface area contributed by atoms with Crippen molar-refractivity contribution >= 4 is 11.6 Å². The van der Waals surface area contributed by atoms with E-state index in [9.17, 15) is 4.79 Å². The average molecular weight is 323 g/mol. The normalized spacial score (nSPS) is 12.1. The van der Waals surface area contributed by atoms with Crippen molar-refractivity contribution in [1.29, 1.82) is 0 Å². The highest BCUT2D eigenvalue weighted by Crippen LogP contribution is 2.30. The lowest BCUT2D eigenvalue weighted by Gasteiger charge is -2.21. The Balaban J connectivity index is 2.20. The summed E-state index contributed by atoms with van der Waals surface area (Å²) in [6.07, 6.45) is 0.498. The van der Waals surface area contributed by atoms with Gasteiger partial charge in [0, 0.05) is 12.1 Å². The highest BCUT2D eigenvalue weighted by Gasteiger charge is 2.18. The number of anilines is 1. The number of carbonyl (C=O) groups is 1. The fourth-order valence-corrected chi connectivity index (χ4v) is 3.64. The Kier molecular flexibility index (Phi) is 5.48. The molecule has 0 aliphatic carbocycles. The number of rotatable bonds is 4. The number of hydrogen-bond donors (Lipinski definition) is 1. The summed E-state index contributed by atoms with van der Waals surface area (Å²) >= 11 is 0. The number of carbonyl (C=O) groups excluding carboxylic acids is 1. The molecular formula is C22H29NO. The number of amides is 1. The van der Waals surface area contributed by atoms with Crippen molar-refractivity contribution in [2.45, 2.75) is 60.8 Å². The quantitative estimate of drug-likeness (QED) is 0.771. The second-order valence-electron chi connectivity index (χ2n) is 7.09. The maximum atomic E-state index is 12.6. The molecule has 2 aromatic rings. The lowest BCUT2D eigenvalue weighted by molar-refractivity contribution is -0.116. The van der Waals surface area contributed by atoms with Crippen LogP contribution in [0.1, 0.15) is 58.2 Å². The minimum Gasteiger partial charge on any atom is -0.326 e. The molecule has 0 aliphatic rings. The Morgan fingerprint density at radius 2 is 1.50 bits per heavy atom. The van der Waals surface area contributed by atoms with Gasteiger partial charge in [-0.1, -0.05) is 31.2 Å². The van der Waals surface area contributed by atoms with E-state index in [-0.39, 0.29) is 11.8 Å². The molecule has 0 bridgehead atoms. The molecule has 24 heavy (non-hydrogen) atoms. The Bertz CT molecular complexity index is 754. The van der Waals surface area contributed by atoms with Gasteiger partial charge < -0.3 is 5.32 Å². The van der Waals surface area contributed by atoms with Crippen molar-refractivity contribution in [3.8, 4) is 0 Å². The Morgan fingerprint density at radius 3 is 2.08 bits per heavy atom. The second kappa shape index (κ2) is 7.21. The van der Waals surface area contributed by atoms with Crippen LogP contribution in [-0.4, -0.2) is 5.91 Å². The van der Waals surface area contributed by atoms with Crippen LogP contribution in [0.2, 0.25) is 0 Å². The number of aryl methyl sites for hydroxylation is 4. The molecule has 2 heteroatoms. The minimum atomic E-state index is 0.0805. The van der Waals surface area contributed by atoms with E-state index in [0.29, 0.717) is 6.42 Å². The van der Waals surface area contributed by atoms with Crippen molar-refractivity contribution < 1.29 is 4.79 Å². The Hall–Kier alpha value is -2.09. The zero-order chi connectivity index (χ0) is 18.0. The van der Waals surface area contributed by atoms with E-state index in [1.165, 1.54) is 27.8 Å². The van der Waals surface area contributed by atoms with Crippen LogP contribution in [0.4, 0.5) is 5.69 Å². The first-order valence-electron chi connectivity index (χ1n) is 8.65. The van der Waals surface area contributed by atoms with E-state index in [1.807, 2.05) is 32.0 Å². The van der Waals surface area contributed by atoms with Crippen molar-refractivity contribution in [3.05, 3.63) is 63.2 Å². The van der Waals surface area contributed by atoms with Crippen molar-refractivity contribution in [3.63, 3.8) is 0 Å². The van der Waals surface area contributed by atoms with Gasteiger partial charge in [0.15, 0.2) is 0 Å². The van der Waals surface area contributed by atoms with Gasteiger partial charge in [0.25, 0.3) is 0 Å². The average Bonchev–Trinajstić information content (AvgIpc) is 2.49. The first-order valence-corrected chi connectivity index (χ1v) is 8.65. The number of para-hydroxylation sites is 1. The van der Waals surface area contributed by atoms with E-state index < -0.39 is 0 Å². The van der Waals surface area contributed by atoms with Crippen molar-refractivity contribution in [1.82, 2.24) is 0 Å². The van der Waals surface area contributed by atoms with E-state index in [0.717, 1.165) is 16.8 Å². The standard InChI is InChI=1S/C22H29NO/c1-13-9-8-10-14(2)22(13)23-20(24)12-17(5)21-16(4)11-15(3)18(6)19(21)7/h8-11,17H,12H2,1-7H3,(H,23,24). The minimum absolute atomic E-state index is 0.0805. The van der Waals surface area contributed by atoms with Gasteiger partial charge in [0.05, 0.1) is 0 Å². The van der Waals surface area contributed by atoms with E-state index in [2.05, 4.69) is 46.0 Å². The van der Waals surface area contributed by atoms with Crippen LogP contribution in [0.15, 0.2) is 24.3 Å². The van der Waals surface area contributed by atoms with Gasteiger partial charge in [0.1, 0.15) is 0 Å². The molecule has 2 nitrogen and oxygen atoms in total. The first kappa shape index (κ1) is 18.3. The van der Waals surface area contributed by atoms with Crippen molar-refractivity contribution in [2.75, 3.05) is 5.32 Å². The Labute approximate surface area is 146 Å². The highest BCUT2D eigenvalue weighted by molar-refractivity contribution is 5.92. The smallest absolute Gasteiger partial charge is 0.224 e. The predicted octanol–water partition coefficient (Wildman–Crippen LogP) is 5.67. The predicted molar refractivity (Wildman–Crippen MR) is 103 cm³/mol. The summed E-state index contributed by atoms with van der Waals surface area (Å²) in [4.78, 5) is 12.6. The molecule has 1 amide bonds. The lowest BCUT2D eigenvalue weighted by Crippen LogP contribution is -2.17. The summed E-state index contributed by atoms with van der Waals surface area (Å²) in [5.74, 6) is 0.283. The molecule has 0 aromatic heterocycles. The second-order valence-corrected chi connectivity index (χ2v) is 7.09. The van der Waals surface area contributed by atoms with Gasteiger partial charge in [-0.05, 0) is 86.4 Å².